The van der Waals surface area contributed by atoms with Gasteiger partial charge in [0.15, 0.2) is 6.61 Å². The van der Waals surface area contributed by atoms with E-state index in [1.165, 1.54) is 12.8 Å². The normalized spacial score (nSPS) is 14.3. The Labute approximate surface area is 134 Å². The molecule has 2 rings (SSSR count). The van der Waals surface area contributed by atoms with E-state index < -0.39 is 0 Å². The molecule has 1 aliphatic rings. The summed E-state index contributed by atoms with van der Waals surface area (Å²) >= 11 is 3.52. The number of benzene rings is 1. The topological polar surface area (TPSA) is 50.4 Å². The van der Waals surface area contributed by atoms with Gasteiger partial charge >= 0.3 is 0 Å². The zero-order valence-corrected chi connectivity index (χ0v) is 14.4. The first kappa shape index (κ1) is 16.3. The van der Waals surface area contributed by atoms with E-state index in [1.807, 2.05) is 26.8 Å². The van der Waals surface area contributed by atoms with Crippen molar-refractivity contribution in [2.45, 2.75) is 52.2 Å². The minimum atomic E-state index is -0.0894. The van der Waals surface area contributed by atoms with Gasteiger partial charge in [0.05, 0.1) is 0 Å². The predicted molar refractivity (Wildman–Crippen MR) is 87.5 cm³/mol. The molecule has 0 saturated heterocycles. The molecule has 0 bridgehead atoms. The van der Waals surface area contributed by atoms with Gasteiger partial charge in [-0.2, -0.15) is 0 Å². The maximum atomic E-state index is 11.7. The lowest BCUT2D eigenvalue weighted by Gasteiger charge is -2.16. The SMILES string of the molecule is Cc1cc(Br)cc(CNC2CC2)c1OCC(=O)NC(C)C. The van der Waals surface area contributed by atoms with Gasteiger partial charge in [-0.15, -0.1) is 0 Å². The molecule has 0 aliphatic heterocycles. The summed E-state index contributed by atoms with van der Waals surface area (Å²) in [4.78, 5) is 11.7. The molecule has 1 aliphatic carbocycles. The number of aryl methyl sites for hydroxylation is 1. The van der Waals surface area contributed by atoms with Crippen molar-refractivity contribution in [3.63, 3.8) is 0 Å². The number of nitrogens with one attached hydrogen (secondary N) is 2. The second kappa shape index (κ2) is 7.27. The van der Waals surface area contributed by atoms with Crippen LogP contribution in [0.2, 0.25) is 0 Å². The predicted octanol–water partition coefficient (Wildman–Crippen LogP) is 2.91. The van der Waals surface area contributed by atoms with E-state index in [2.05, 4.69) is 32.6 Å². The molecule has 4 nitrogen and oxygen atoms in total. The lowest BCUT2D eigenvalue weighted by molar-refractivity contribution is -0.123. The van der Waals surface area contributed by atoms with Crippen LogP contribution in [0.5, 0.6) is 5.75 Å². The van der Waals surface area contributed by atoms with Gasteiger partial charge in [0.25, 0.3) is 5.91 Å². The molecule has 0 radical (unpaired) electrons. The molecule has 2 N–H and O–H groups in total. The summed E-state index contributed by atoms with van der Waals surface area (Å²) in [5.74, 6) is 0.721. The third kappa shape index (κ3) is 5.32. The van der Waals surface area contributed by atoms with Crippen LogP contribution in [-0.2, 0) is 11.3 Å². The van der Waals surface area contributed by atoms with Crippen molar-refractivity contribution >= 4 is 21.8 Å². The van der Waals surface area contributed by atoms with Crippen LogP contribution in [0.3, 0.4) is 0 Å². The minimum absolute atomic E-state index is 0.0527. The van der Waals surface area contributed by atoms with Gasteiger partial charge < -0.3 is 15.4 Å². The zero-order chi connectivity index (χ0) is 15.4. The van der Waals surface area contributed by atoms with Crippen molar-refractivity contribution in [1.82, 2.24) is 10.6 Å². The van der Waals surface area contributed by atoms with Crippen LogP contribution in [0, 0.1) is 6.92 Å². The highest BCUT2D eigenvalue weighted by Crippen LogP contribution is 2.29. The molecule has 0 spiro atoms. The highest BCUT2D eigenvalue weighted by atomic mass is 79.9. The van der Waals surface area contributed by atoms with Crippen LogP contribution < -0.4 is 15.4 Å². The van der Waals surface area contributed by atoms with E-state index in [-0.39, 0.29) is 18.6 Å². The van der Waals surface area contributed by atoms with Gasteiger partial charge in [-0.25, -0.2) is 0 Å². The number of hydrogen-bond donors (Lipinski definition) is 2. The van der Waals surface area contributed by atoms with E-state index in [0.717, 1.165) is 27.9 Å². The fraction of sp³-hybridized carbons (Fsp3) is 0.562. The summed E-state index contributed by atoms with van der Waals surface area (Å²) < 4.78 is 6.80. The van der Waals surface area contributed by atoms with Crippen molar-refractivity contribution in [2.24, 2.45) is 0 Å². The summed E-state index contributed by atoms with van der Waals surface area (Å²) in [6.45, 7) is 6.70. The molecule has 1 amide bonds. The molecular weight excluding hydrogens is 332 g/mol. The highest BCUT2D eigenvalue weighted by Gasteiger charge is 2.21. The lowest BCUT2D eigenvalue weighted by Crippen LogP contribution is -2.34. The molecule has 0 atom stereocenters. The smallest absolute Gasteiger partial charge is 0.258 e. The van der Waals surface area contributed by atoms with E-state index in [0.29, 0.717) is 6.04 Å². The fourth-order valence-electron chi connectivity index (χ4n) is 2.18. The number of hydrogen-bond acceptors (Lipinski definition) is 3. The van der Waals surface area contributed by atoms with Crippen LogP contribution in [0.1, 0.15) is 37.8 Å². The lowest BCUT2D eigenvalue weighted by atomic mass is 10.1. The monoisotopic (exact) mass is 354 g/mol. The first-order chi connectivity index (χ1) is 9.95. The summed E-state index contributed by atoms with van der Waals surface area (Å²) in [6.07, 6.45) is 2.50. The van der Waals surface area contributed by atoms with Crippen molar-refractivity contribution in [2.75, 3.05) is 6.61 Å². The Hall–Kier alpha value is -1.07. The Kier molecular flexibility index (Phi) is 5.65. The van der Waals surface area contributed by atoms with Crippen LogP contribution in [0.4, 0.5) is 0 Å². The molecule has 116 valence electrons. The van der Waals surface area contributed by atoms with Gasteiger partial charge in [0, 0.05) is 28.7 Å². The van der Waals surface area contributed by atoms with E-state index in [1.54, 1.807) is 0 Å². The first-order valence-corrected chi connectivity index (χ1v) is 8.19. The number of amides is 1. The summed E-state index contributed by atoms with van der Waals surface area (Å²) in [5, 5.41) is 6.32. The molecule has 1 aromatic rings. The molecule has 1 aromatic carbocycles. The number of carbonyl (C=O) groups excluding carboxylic acids is 1. The fourth-order valence-corrected chi connectivity index (χ4v) is 2.80. The molecule has 1 saturated carbocycles. The molecule has 0 aromatic heterocycles. The van der Waals surface area contributed by atoms with Crippen LogP contribution in [0.25, 0.3) is 0 Å². The summed E-state index contributed by atoms with van der Waals surface area (Å²) in [7, 11) is 0. The summed E-state index contributed by atoms with van der Waals surface area (Å²) in [6, 6.07) is 4.83. The quantitative estimate of drug-likeness (QED) is 0.791. The van der Waals surface area contributed by atoms with Crippen LogP contribution >= 0.6 is 15.9 Å². The summed E-state index contributed by atoms with van der Waals surface area (Å²) in [5.41, 5.74) is 2.13. The molecule has 1 fully saturated rings. The zero-order valence-electron chi connectivity index (χ0n) is 12.8. The van der Waals surface area contributed by atoms with Crippen LogP contribution in [-0.4, -0.2) is 24.6 Å². The minimum Gasteiger partial charge on any atom is -0.483 e. The first-order valence-electron chi connectivity index (χ1n) is 7.40. The average Bonchev–Trinajstić information content (AvgIpc) is 3.17. The maximum Gasteiger partial charge on any atom is 0.258 e. The molecule has 5 heteroatoms. The van der Waals surface area contributed by atoms with E-state index >= 15 is 0 Å². The van der Waals surface area contributed by atoms with Crippen molar-refractivity contribution in [3.8, 4) is 5.75 Å². The standard InChI is InChI=1S/C16H23BrN2O2/c1-10(2)19-15(20)9-21-16-11(3)6-13(17)7-12(16)8-18-14-4-5-14/h6-7,10,14,18H,4-5,8-9H2,1-3H3,(H,19,20). The molecule has 0 unspecified atom stereocenters. The van der Waals surface area contributed by atoms with Crippen molar-refractivity contribution in [1.29, 1.82) is 0 Å². The Morgan fingerprint density at radius 3 is 2.76 bits per heavy atom. The molecule has 21 heavy (non-hydrogen) atoms. The van der Waals surface area contributed by atoms with Crippen molar-refractivity contribution < 1.29 is 9.53 Å². The molecular formula is C16H23BrN2O2. The Balaban J connectivity index is 2.03. The van der Waals surface area contributed by atoms with Gasteiger partial charge in [-0.05, 0) is 51.3 Å². The Bertz CT molecular complexity index is 513. The van der Waals surface area contributed by atoms with Gasteiger partial charge in [0.1, 0.15) is 5.75 Å². The average molecular weight is 355 g/mol. The van der Waals surface area contributed by atoms with Crippen molar-refractivity contribution in [3.05, 3.63) is 27.7 Å². The third-order valence-electron chi connectivity index (χ3n) is 3.27. The number of halogens is 1. The second-order valence-corrected chi connectivity index (χ2v) is 6.79. The maximum absolute atomic E-state index is 11.7. The van der Waals surface area contributed by atoms with E-state index in [9.17, 15) is 4.79 Å². The highest BCUT2D eigenvalue weighted by molar-refractivity contribution is 9.10. The largest absolute Gasteiger partial charge is 0.483 e. The Morgan fingerprint density at radius 1 is 1.43 bits per heavy atom. The third-order valence-corrected chi connectivity index (χ3v) is 3.73. The van der Waals surface area contributed by atoms with E-state index in [4.69, 9.17) is 4.74 Å². The Morgan fingerprint density at radius 2 is 2.14 bits per heavy atom. The van der Waals surface area contributed by atoms with Gasteiger partial charge in [-0.3, -0.25) is 4.79 Å². The second-order valence-electron chi connectivity index (χ2n) is 5.88. The van der Waals surface area contributed by atoms with Gasteiger partial charge in [-0.1, -0.05) is 15.9 Å². The number of ether oxygens (including phenoxy) is 1. The van der Waals surface area contributed by atoms with Gasteiger partial charge in [0.2, 0.25) is 0 Å². The number of carbonyl (C=O) groups is 1. The van der Waals surface area contributed by atoms with Crippen LogP contribution in [0.15, 0.2) is 16.6 Å². The molecule has 0 heterocycles. The number of rotatable bonds is 7.